The number of halogens is 3. The smallest absolute Gasteiger partial charge is 0.335 e. The number of carbonyl (C=O) groups is 1. The molecule has 0 aliphatic rings. The minimum atomic E-state index is -1.03. The summed E-state index contributed by atoms with van der Waals surface area (Å²) in [5.74, 6) is 0.613. The third-order valence-electron chi connectivity index (χ3n) is 7.29. The molecule has 2 heterocycles. The highest BCUT2D eigenvalue weighted by atomic mass is 35.5. The second-order valence-corrected chi connectivity index (χ2v) is 11.4. The lowest BCUT2D eigenvalue weighted by atomic mass is 10.0. The van der Waals surface area contributed by atoms with Crippen molar-refractivity contribution in [3.05, 3.63) is 123 Å². The van der Waals surface area contributed by atoms with Crippen LogP contribution in [0.2, 0.25) is 10.0 Å². The number of imidazole rings is 1. The van der Waals surface area contributed by atoms with Crippen molar-refractivity contribution in [3.63, 3.8) is 0 Å². The SMILES string of the molecule is CC(C)c1onc(-c2c(Cl)cccc2Cl)c1COc1ccc(-c2nc3ccc(C(=O)O)cc3n2Cc2ccc(F)cc2)cc1. The molecule has 0 bridgehead atoms. The molecule has 44 heavy (non-hydrogen) atoms. The lowest BCUT2D eigenvalue weighted by Gasteiger charge is -2.12. The van der Waals surface area contributed by atoms with Crippen molar-refractivity contribution in [2.75, 3.05) is 0 Å². The van der Waals surface area contributed by atoms with Crippen molar-refractivity contribution < 1.29 is 23.6 Å². The van der Waals surface area contributed by atoms with Crippen LogP contribution in [-0.2, 0) is 13.2 Å². The van der Waals surface area contributed by atoms with Gasteiger partial charge in [0.25, 0.3) is 0 Å². The number of carboxylic acid groups (broad SMARTS) is 1. The molecule has 0 aliphatic heterocycles. The van der Waals surface area contributed by atoms with Crippen molar-refractivity contribution in [2.24, 2.45) is 0 Å². The van der Waals surface area contributed by atoms with Crippen LogP contribution >= 0.6 is 23.2 Å². The molecule has 0 radical (unpaired) electrons. The maximum Gasteiger partial charge on any atom is 0.335 e. The van der Waals surface area contributed by atoms with E-state index in [0.717, 1.165) is 16.7 Å². The number of hydrogen-bond donors (Lipinski definition) is 1. The van der Waals surface area contributed by atoms with Crippen LogP contribution in [0.15, 0.2) is 89.5 Å². The van der Waals surface area contributed by atoms with Gasteiger partial charge < -0.3 is 18.9 Å². The first kappa shape index (κ1) is 29.4. The Bertz CT molecular complexity index is 1960. The number of nitrogens with zero attached hydrogens (tertiary/aromatic N) is 3. The van der Waals surface area contributed by atoms with E-state index >= 15 is 0 Å². The molecule has 0 amide bonds. The second-order valence-electron chi connectivity index (χ2n) is 10.6. The zero-order chi connectivity index (χ0) is 31.0. The van der Waals surface area contributed by atoms with Gasteiger partial charge in [0.05, 0.1) is 32.2 Å². The Morgan fingerprint density at radius 1 is 1.00 bits per heavy atom. The third-order valence-corrected chi connectivity index (χ3v) is 7.92. The van der Waals surface area contributed by atoms with E-state index in [2.05, 4.69) is 5.16 Å². The molecule has 0 aliphatic carbocycles. The molecule has 0 saturated heterocycles. The highest BCUT2D eigenvalue weighted by molar-refractivity contribution is 6.39. The van der Waals surface area contributed by atoms with Gasteiger partial charge in [0.15, 0.2) is 0 Å². The number of hydrogen-bond acceptors (Lipinski definition) is 5. The zero-order valence-corrected chi connectivity index (χ0v) is 25.2. The first-order valence-corrected chi connectivity index (χ1v) is 14.6. The summed E-state index contributed by atoms with van der Waals surface area (Å²) in [5, 5.41) is 14.8. The average Bonchev–Trinajstić information content (AvgIpc) is 3.59. The molecule has 10 heteroatoms. The van der Waals surface area contributed by atoms with E-state index in [0.29, 0.717) is 56.2 Å². The van der Waals surface area contributed by atoms with Gasteiger partial charge in [0, 0.05) is 23.6 Å². The number of aromatic carboxylic acids is 1. The van der Waals surface area contributed by atoms with Crippen molar-refractivity contribution in [1.82, 2.24) is 14.7 Å². The summed E-state index contributed by atoms with van der Waals surface area (Å²) in [6, 6.07) is 23.7. The van der Waals surface area contributed by atoms with Gasteiger partial charge in [-0.3, -0.25) is 0 Å². The van der Waals surface area contributed by atoms with E-state index in [-0.39, 0.29) is 23.9 Å². The first-order chi connectivity index (χ1) is 21.2. The molecule has 0 saturated carbocycles. The van der Waals surface area contributed by atoms with Crippen LogP contribution in [0.1, 0.15) is 47.0 Å². The fourth-order valence-electron chi connectivity index (χ4n) is 5.10. The number of ether oxygens (including phenoxy) is 1. The Labute approximate surface area is 262 Å². The van der Waals surface area contributed by atoms with Gasteiger partial charge in [0.1, 0.15) is 35.5 Å². The fraction of sp³-hybridized carbons (Fsp3) is 0.147. The molecule has 2 aromatic heterocycles. The Morgan fingerprint density at radius 3 is 2.36 bits per heavy atom. The molecule has 0 atom stereocenters. The summed E-state index contributed by atoms with van der Waals surface area (Å²) >= 11 is 13.0. The maximum absolute atomic E-state index is 13.6. The highest BCUT2D eigenvalue weighted by Crippen LogP contribution is 2.39. The Kier molecular flexibility index (Phi) is 8.12. The predicted molar refractivity (Wildman–Crippen MR) is 168 cm³/mol. The normalized spacial score (nSPS) is 11.4. The number of fused-ring (bicyclic) bond motifs is 1. The molecule has 4 aromatic carbocycles. The fourth-order valence-corrected chi connectivity index (χ4v) is 5.68. The van der Waals surface area contributed by atoms with Crippen molar-refractivity contribution in [3.8, 4) is 28.4 Å². The van der Waals surface area contributed by atoms with Gasteiger partial charge in [-0.2, -0.15) is 0 Å². The van der Waals surface area contributed by atoms with Crippen LogP contribution in [0.5, 0.6) is 5.75 Å². The van der Waals surface area contributed by atoms with Crippen molar-refractivity contribution in [2.45, 2.75) is 32.9 Å². The topological polar surface area (TPSA) is 90.4 Å². The van der Waals surface area contributed by atoms with Gasteiger partial charge in [0.2, 0.25) is 0 Å². The average molecular weight is 631 g/mol. The summed E-state index contributed by atoms with van der Waals surface area (Å²) in [4.78, 5) is 16.5. The lowest BCUT2D eigenvalue weighted by molar-refractivity contribution is 0.0697. The summed E-state index contributed by atoms with van der Waals surface area (Å²) in [6.07, 6.45) is 0. The molecule has 1 N–H and O–H groups in total. The van der Waals surface area contributed by atoms with Crippen molar-refractivity contribution in [1.29, 1.82) is 0 Å². The molecule has 0 spiro atoms. The molecule has 0 unspecified atom stereocenters. The lowest BCUT2D eigenvalue weighted by Crippen LogP contribution is -2.04. The van der Waals surface area contributed by atoms with Gasteiger partial charge in [-0.25, -0.2) is 14.2 Å². The van der Waals surface area contributed by atoms with Crippen LogP contribution in [-0.4, -0.2) is 25.8 Å². The van der Waals surface area contributed by atoms with Crippen LogP contribution in [0.3, 0.4) is 0 Å². The number of carboxylic acids is 1. The molecule has 0 fully saturated rings. The van der Waals surface area contributed by atoms with E-state index in [4.69, 9.17) is 37.4 Å². The molecule has 6 rings (SSSR count). The number of rotatable bonds is 9. The van der Waals surface area contributed by atoms with Crippen LogP contribution in [0.4, 0.5) is 4.39 Å². The predicted octanol–water partition coefficient (Wildman–Crippen LogP) is 9.25. The van der Waals surface area contributed by atoms with Crippen molar-refractivity contribution >= 4 is 40.2 Å². The monoisotopic (exact) mass is 629 g/mol. The Hall–Kier alpha value is -4.66. The van der Waals surface area contributed by atoms with E-state index in [1.807, 2.05) is 42.7 Å². The van der Waals surface area contributed by atoms with Gasteiger partial charge >= 0.3 is 5.97 Å². The summed E-state index contributed by atoms with van der Waals surface area (Å²) in [6.45, 7) is 4.56. The highest BCUT2D eigenvalue weighted by Gasteiger charge is 2.24. The molecule has 6 aromatic rings. The molecule has 222 valence electrons. The third kappa shape index (κ3) is 5.78. The van der Waals surface area contributed by atoms with E-state index in [1.165, 1.54) is 18.2 Å². The summed E-state index contributed by atoms with van der Waals surface area (Å²) in [5.41, 5.74) is 4.98. The van der Waals surface area contributed by atoms with E-state index in [1.54, 1.807) is 42.5 Å². The molecule has 7 nitrogen and oxygen atoms in total. The number of aromatic nitrogens is 3. The first-order valence-electron chi connectivity index (χ1n) is 13.8. The van der Waals surface area contributed by atoms with Crippen LogP contribution in [0.25, 0.3) is 33.7 Å². The molecular weight excluding hydrogens is 604 g/mol. The van der Waals surface area contributed by atoms with Crippen LogP contribution < -0.4 is 4.74 Å². The van der Waals surface area contributed by atoms with Gasteiger partial charge in [-0.1, -0.05) is 60.4 Å². The quantitative estimate of drug-likeness (QED) is 0.171. The standard InChI is InChI=1S/C34H26Cl2FN3O4/c1-19(2)32-25(31(39-44-32)30-26(35)4-3-5-27(30)36)18-43-24-13-8-21(9-14-24)33-38-28-15-10-22(34(41)42)16-29(28)40(33)17-20-6-11-23(37)12-7-20/h3-16,19H,17-18H2,1-2H3,(H,41,42). The van der Waals surface area contributed by atoms with E-state index < -0.39 is 5.97 Å². The second kappa shape index (κ2) is 12.1. The van der Waals surface area contributed by atoms with E-state index in [9.17, 15) is 14.3 Å². The zero-order valence-electron chi connectivity index (χ0n) is 23.7. The minimum Gasteiger partial charge on any atom is -0.489 e. The Morgan fingerprint density at radius 2 is 1.70 bits per heavy atom. The summed E-state index contributed by atoms with van der Waals surface area (Å²) in [7, 11) is 0. The van der Waals surface area contributed by atoms with Gasteiger partial charge in [-0.05, 0) is 72.3 Å². The molecular formula is C34H26Cl2FN3O4. The number of benzene rings is 4. The summed E-state index contributed by atoms with van der Waals surface area (Å²) < 4.78 is 27.4. The van der Waals surface area contributed by atoms with Crippen LogP contribution in [0, 0.1) is 5.82 Å². The minimum absolute atomic E-state index is 0.0502. The maximum atomic E-state index is 13.6. The Balaban J connectivity index is 1.32. The van der Waals surface area contributed by atoms with Gasteiger partial charge in [-0.15, -0.1) is 0 Å². The largest absolute Gasteiger partial charge is 0.489 e.